The SMILES string of the molecule is O=C(Nc1nc2ccccc2s1)N1C2CCC1CN(c1ncc(CCCO)cc1F)C2. The highest BCUT2D eigenvalue weighted by Gasteiger charge is 2.43. The number of halogens is 1. The number of hydrogen-bond donors (Lipinski definition) is 2. The quantitative estimate of drug-likeness (QED) is 0.632. The molecule has 2 N–H and O–H groups in total. The van der Waals surface area contributed by atoms with E-state index in [9.17, 15) is 9.18 Å². The fourth-order valence-electron chi connectivity index (χ4n) is 4.61. The molecule has 1 aromatic carbocycles. The smallest absolute Gasteiger partial charge is 0.324 e. The number of carbonyl (C=O) groups excluding carboxylic acids is 1. The molecule has 4 heterocycles. The van der Waals surface area contributed by atoms with E-state index in [0.29, 0.717) is 36.9 Å². The van der Waals surface area contributed by atoms with Gasteiger partial charge in [-0.1, -0.05) is 23.5 Å². The molecule has 2 amide bonds. The Labute approximate surface area is 183 Å². The van der Waals surface area contributed by atoms with Gasteiger partial charge in [0.25, 0.3) is 0 Å². The zero-order valence-electron chi connectivity index (χ0n) is 17.0. The van der Waals surface area contributed by atoms with Crippen molar-refractivity contribution in [2.75, 3.05) is 29.9 Å². The van der Waals surface area contributed by atoms with Gasteiger partial charge < -0.3 is 14.9 Å². The van der Waals surface area contributed by atoms with Gasteiger partial charge in [0.05, 0.1) is 22.3 Å². The summed E-state index contributed by atoms with van der Waals surface area (Å²) in [5.74, 6) is -0.00176. The Kier molecular flexibility index (Phi) is 5.45. The fourth-order valence-corrected chi connectivity index (χ4v) is 5.47. The standard InChI is InChI=1S/C22H24FN5O2S/c23-17-10-14(4-3-9-29)11-24-20(17)27-12-15-7-8-16(13-27)28(15)22(30)26-21-25-18-5-1-2-6-19(18)31-21/h1-2,5-6,10-11,15-16,29H,3-4,7-9,12-13H2,(H,25,26,30). The number of benzene rings is 1. The van der Waals surface area contributed by atoms with Crippen LogP contribution in [-0.2, 0) is 6.42 Å². The number of aromatic nitrogens is 2. The van der Waals surface area contributed by atoms with E-state index in [1.54, 1.807) is 6.20 Å². The summed E-state index contributed by atoms with van der Waals surface area (Å²) in [4.78, 5) is 25.7. The third kappa shape index (κ3) is 3.95. The van der Waals surface area contributed by atoms with Crippen molar-refractivity contribution < 1.29 is 14.3 Å². The lowest BCUT2D eigenvalue weighted by atomic mass is 10.1. The number of nitrogens with zero attached hydrogens (tertiary/aromatic N) is 4. The zero-order chi connectivity index (χ0) is 21.4. The van der Waals surface area contributed by atoms with Crippen molar-refractivity contribution in [3.63, 3.8) is 0 Å². The second-order valence-electron chi connectivity index (χ2n) is 8.09. The van der Waals surface area contributed by atoms with Crippen molar-refractivity contribution in [1.82, 2.24) is 14.9 Å². The molecule has 2 aliphatic rings. The van der Waals surface area contributed by atoms with Crippen LogP contribution in [0.25, 0.3) is 10.2 Å². The number of urea groups is 1. The molecule has 7 nitrogen and oxygen atoms in total. The lowest BCUT2D eigenvalue weighted by molar-refractivity contribution is 0.175. The van der Waals surface area contributed by atoms with Crippen LogP contribution in [0, 0.1) is 5.82 Å². The molecule has 162 valence electrons. The molecule has 0 saturated carbocycles. The largest absolute Gasteiger partial charge is 0.396 e. The molecule has 31 heavy (non-hydrogen) atoms. The maximum Gasteiger partial charge on any atom is 0.324 e. The summed E-state index contributed by atoms with van der Waals surface area (Å²) in [5, 5.41) is 12.5. The van der Waals surface area contributed by atoms with Crippen LogP contribution in [0.5, 0.6) is 0 Å². The number of pyridine rings is 1. The van der Waals surface area contributed by atoms with Crippen LogP contribution in [-0.4, -0.2) is 57.8 Å². The average Bonchev–Trinajstić information content (AvgIpc) is 3.29. The van der Waals surface area contributed by atoms with Gasteiger partial charge in [-0.3, -0.25) is 5.32 Å². The van der Waals surface area contributed by atoms with E-state index >= 15 is 0 Å². The number of rotatable bonds is 5. The number of hydrogen-bond acceptors (Lipinski definition) is 6. The third-order valence-corrected chi connectivity index (χ3v) is 6.98. The van der Waals surface area contributed by atoms with E-state index in [1.165, 1.54) is 17.4 Å². The Bertz CT molecular complexity index is 1060. The number of carbonyl (C=O) groups is 1. The van der Waals surface area contributed by atoms with Crippen molar-refractivity contribution in [2.24, 2.45) is 0 Å². The lowest BCUT2D eigenvalue weighted by Gasteiger charge is -2.41. The number of amides is 2. The van der Waals surface area contributed by atoms with Gasteiger partial charge >= 0.3 is 6.03 Å². The normalized spacial score (nSPS) is 20.5. The molecule has 2 fully saturated rings. The number of anilines is 2. The molecule has 3 aromatic rings. The molecule has 2 atom stereocenters. The number of para-hydroxylation sites is 1. The highest BCUT2D eigenvalue weighted by atomic mass is 32.1. The first-order valence-electron chi connectivity index (χ1n) is 10.6. The first-order valence-corrected chi connectivity index (χ1v) is 11.4. The van der Waals surface area contributed by atoms with Gasteiger partial charge in [0.1, 0.15) is 0 Å². The van der Waals surface area contributed by atoms with E-state index in [-0.39, 0.29) is 30.5 Å². The van der Waals surface area contributed by atoms with Gasteiger partial charge in [-0.05, 0) is 49.4 Å². The summed E-state index contributed by atoms with van der Waals surface area (Å²) in [6.07, 6.45) is 4.66. The van der Waals surface area contributed by atoms with Gasteiger partial charge in [0.2, 0.25) is 0 Å². The van der Waals surface area contributed by atoms with Crippen molar-refractivity contribution >= 4 is 38.5 Å². The highest BCUT2D eigenvalue weighted by Crippen LogP contribution is 2.34. The first kappa shape index (κ1) is 20.1. The second kappa shape index (κ2) is 8.39. The monoisotopic (exact) mass is 441 g/mol. The zero-order valence-corrected chi connectivity index (χ0v) is 17.8. The Morgan fingerprint density at radius 2 is 2.03 bits per heavy atom. The van der Waals surface area contributed by atoms with Crippen molar-refractivity contribution in [3.05, 3.63) is 47.9 Å². The van der Waals surface area contributed by atoms with Crippen LogP contribution >= 0.6 is 11.3 Å². The molecule has 0 radical (unpaired) electrons. The van der Waals surface area contributed by atoms with E-state index in [2.05, 4.69) is 15.3 Å². The van der Waals surface area contributed by atoms with E-state index in [0.717, 1.165) is 28.6 Å². The maximum atomic E-state index is 14.7. The predicted molar refractivity (Wildman–Crippen MR) is 119 cm³/mol. The Hall–Kier alpha value is -2.78. The van der Waals surface area contributed by atoms with Gasteiger partial charge in [0.15, 0.2) is 16.8 Å². The molecule has 2 saturated heterocycles. The van der Waals surface area contributed by atoms with Gasteiger partial charge in [0, 0.05) is 25.9 Å². The molecule has 0 aliphatic carbocycles. The van der Waals surface area contributed by atoms with Crippen molar-refractivity contribution in [3.8, 4) is 0 Å². The number of fused-ring (bicyclic) bond motifs is 3. The fraction of sp³-hybridized carbons (Fsp3) is 0.409. The van der Waals surface area contributed by atoms with Crippen LogP contribution in [0.4, 0.5) is 20.1 Å². The number of thiazole rings is 1. The topological polar surface area (TPSA) is 81.6 Å². The van der Waals surface area contributed by atoms with Crippen molar-refractivity contribution in [1.29, 1.82) is 0 Å². The molecule has 2 aliphatic heterocycles. The molecule has 2 unspecified atom stereocenters. The van der Waals surface area contributed by atoms with Crippen LogP contribution in [0.15, 0.2) is 36.5 Å². The summed E-state index contributed by atoms with van der Waals surface area (Å²) in [6, 6.07) is 9.21. The highest BCUT2D eigenvalue weighted by molar-refractivity contribution is 7.22. The minimum absolute atomic E-state index is 0.0170. The van der Waals surface area contributed by atoms with Crippen LogP contribution < -0.4 is 10.2 Å². The number of nitrogens with one attached hydrogen (secondary N) is 1. The average molecular weight is 442 g/mol. The lowest BCUT2D eigenvalue weighted by Crippen LogP contribution is -2.57. The second-order valence-corrected chi connectivity index (χ2v) is 9.12. The first-order chi connectivity index (χ1) is 15.1. The number of piperazine rings is 1. The summed E-state index contributed by atoms with van der Waals surface area (Å²) in [7, 11) is 0. The third-order valence-electron chi connectivity index (χ3n) is 6.03. The number of aryl methyl sites for hydroxylation is 1. The Morgan fingerprint density at radius 3 is 2.74 bits per heavy atom. The number of aliphatic hydroxyl groups excluding tert-OH is 1. The number of aliphatic hydroxyl groups is 1. The van der Waals surface area contributed by atoms with E-state index in [1.807, 2.05) is 34.1 Å². The Balaban J connectivity index is 1.28. The summed E-state index contributed by atoms with van der Waals surface area (Å²) in [6.45, 7) is 1.20. The van der Waals surface area contributed by atoms with Crippen molar-refractivity contribution in [2.45, 2.75) is 37.8 Å². The van der Waals surface area contributed by atoms with Crippen LogP contribution in [0.2, 0.25) is 0 Å². The van der Waals surface area contributed by atoms with Gasteiger partial charge in [-0.25, -0.2) is 19.2 Å². The van der Waals surface area contributed by atoms with Gasteiger partial charge in [-0.2, -0.15) is 0 Å². The summed E-state index contributed by atoms with van der Waals surface area (Å²) in [5.41, 5.74) is 1.66. The molecular weight excluding hydrogens is 417 g/mol. The van der Waals surface area contributed by atoms with Gasteiger partial charge in [-0.15, -0.1) is 0 Å². The minimum Gasteiger partial charge on any atom is -0.396 e. The van der Waals surface area contributed by atoms with E-state index in [4.69, 9.17) is 5.11 Å². The minimum atomic E-state index is -0.345. The van der Waals surface area contributed by atoms with Crippen LogP contribution in [0.3, 0.4) is 0 Å². The van der Waals surface area contributed by atoms with Crippen LogP contribution in [0.1, 0.15) is 24.8 Å². The van der Waals surface area contributed by atoms with E-state index < -0.39 is 0 Å². The molecule has 5 rings (SSSR count). The maximum absolute atomic E-state index is 14.7. The summed E-state index contributed by atoms with van der Waals surface area (Å²) >= 11 is 1.46. The molecule has 0 spiro atoms. The molecule has 9 heteroatoms. The molecular formula is C22H24FN5O2S. The summed E-state index contributed by atoms with van der Waals surface area (Å²) < 4.78 is 15.8. The molecule has 2 aromatic heterocycles. The predicted octanol–water partition coefficient (Wildman–Crippen LogP) is 3.64. The Morgan fingerprint density at radius 1 is 1.26 bits per heavy atom. The molecule has 2 bridgehead atoms.